The number of nitrogens with one attached hydrogen (secondary N) is 1. The van der Waals surface area contributed by atoms with Crippen LogP contribution in [0.25, 0.3) is 0 Å². The fourth-order valence-corrected chi connectivity index (χ4v) is 4.68. The van der Waals surface area contributed by atoms with Crippen molar-refractivity contribution in [2.24, 2.45) is 11.8 Å². The van der Waals surface area contributed by atoms with Gasteiger partial charge in [0.2, 0.25) is 0 Å². The molecule has 0 bridgehead atoms. The summed E-state index contributed by atoms with van der Waals surface area (Å²) in [6.07, 6.45) is 6.34. The van der Waals surface area contributed by atoms with Crippen LogP contribution in [0.4, 0.5) is 4.39 Å². The Morgan fingerprint density at radius 3 is 2.63 bits per heavy atom. The summed E-state index contributed by atoms with van der Waals surface area (Å²) in [7, 11) is 0. The average Bonchev–Trinajstić information content (AvgIpc) is 3.15. The third-order valence-electron chi connectivity index (χ3n) is 6.61. The first-order chi connectivity index (χ1) is 12.9. The second-order valence-electron chi connectivity index (χ2n) is 8.32. The molecule has 5 heteroatoms. The van der Waals surface area contributed by atoms with Crippen molar-refractivity contribution in [3.63, 3.8) is 0 Å². The SMILES string of the molecule is C[C@H]1[C@H](C)CCC[C@@H]1NC(=O)COC(=O)C1(c2cccc(F)c2)CCCC1. The maximum Gasteiger partial charge on any atom is 0.317 e. The van der Waals surface area contributed by atoms with E-state index in [1.54, 1.807) is 12.1 Å². The predicted octanol–water partition coefficient (Wildman–Crippen LogP) is 4.12. The standard InChI is InChI=1S/C22H30FNO3/c1-15-7-5-10-19(16(15)2)24-20(25)14-27-21(26)22(11-3-4-12-22)17-8-6-9-18(23)13-17/h6,8-9,13,15-16,19H,3-5,7,10-12,14H2,1-2H3,(H,24,25)/t15-,16+,19+/m1/s1. The zero-order chi connectivity index (χ0) is 19.4. The molecule has 1 amide bonds. The summed E-state index contributed by atoms with van der Waals surface area (Å²) < 4.78 is 19.1. The topological polar surface area (TPSA) is 55.4 Å². The number of benzene rings is 1. The molecule has 0 spiro atoms. The molecular formula is C22H30FNO3. The Labute approximate surface area is 160 Å². The molecule has 2 aliphatic rings. The molecule has 0 heterocycles. The highest BCUT2D eigenvalue weighted by atomic mass is 19.1. The number of esters is 1. The molecule has 0 aromatic heterocycles. The van der Waals surface area contributed by atoms with Crippen molar-refractivity contribution in [3.8, 4) is 0 Å². The van der Waals surface area contributed by atoms with Crippen LogP contribution >= 0.6 is 0 Å². The Morgan fingerprint density at radius 2 is 1.93 bits per heavy atom. The average molecular weight is 375 g/mol. The van der Waals surface area contributed by atoms with Crippen molar-refractivity contribution in [2.45, 2.75) is 70.3 Å². The first-order valence-electron chi connectivity index (χ1n) is 10.1. The number of halogens is 1. The van der Waals surface area contributed by atoms with Gasteiger partial charge in [-0.25, -0.2) is 4.39 Å². The number of carbonyl (C=O) groups excluding carboxylic acids is 2. The highest BCUT2D eigenvalue weighted by Gasteiger charge is 2.44. The second-order valence-corrected chi connectivity index (χ2v) is 8.32. The predicted molar refractivity (Wildman–Crippen MR) is 102 cm³/mol. The van der Waals surface area contributed by atoms with Gasteiger partial charge in [0.05, 0.1) is 5.41 Å². The first kappa shape index (κ1) is 19.8. The Hall–Kier alpha value is -1.91. The third kappa shape index (κ3) is 4.33. The zero-order valence-electron chi connectivity index (χ0n) is 16.3. The van der Waals surface area contributed by atoms with Crippen molar-refractivity contribution in [2.75, 3.05) is 6.61 Å². The molecule has 2 fully saturated rings. The summed E-state index contributed by atoms with van der Waals surface area (Å²) >= 11 is 0. The number of amides is 1. The maximum atomic E-state index is 13.7. The molecule has 27 heavy (non-hydrogen) atoms. The van der Waals surface area contributed by atoms with E-state index in [4.69, 9.17) is 4.74 Å². The Bertz CT molecular complexity index is 684. The maximum absolute atomic E-state index is 13.7. The smallest absolute Gasteiger partial charge is 0.317 e. The summed E-state index contributed by atoms with van der Waals surface area (Å²) in [6.45, 7) is 4.11. The monoisotopic (exact) mass is 375 g/mol. The van der Waals surface area contributed by atoms with Crippen LogP contribution in [0, 0.1) is 17.7 Å². The van der Waals surface area contributed by atoms with Crippen LogP contribution in [-0.4, -0.2) is 24.5 Å². The van der Waals surface area contributed by atoms with Gasteiger partial charge in [-0.15, -0.1) is 0 Å². The zero-order valence-corrected chi connectivity index (χ0v) is 16.3. The summed E-state index contributed by atoms with van der Waals surface area (Å²) in [5, 5.41) is 3.03. The molecular weight excluding hydrogens is 345 g/mol. The molecule has 0 aliphatic heterocycles. The molecule has 4 nitrogen and oxygen atoms in total. The van der Waals surface area contributed by atoms with Gasteiger partial charge in [0, 0.05) is 6.04 Å². The van der Waals surface area contributed by atoms with Gasteiger partial charge in [0.1, 0.15) is 5.82 Å². The van der Waals surface area contributed by atoms with Crippen LogP contribution < -0.4 is 5.32 Å². The van der Waals surface area contributed by atoms with E-state index in [2.05, 4.69) is 19.2 Å². The lowest BCUT2D eigenvalue weighted by Crippen LogP contribution is -2.46. The largest absolute Gasteiger partial charge is 0.455 e. The van der Waals surface area contributed by atoms with Crippen LogP contribution in [0.1, 0.15) is 64.4 Å². The summed E-state index contributed by atoms with van der Waals surface area (Å²) in [4.78, 5) is 25.2. The molecule has 2 saturated carbocycles. The highest BCUT2D eigenvalue weighted by Crippen LogP contribution is 2.42. The van der Waals surface area contributed by atoms with Gasteiger partial charge < -0.3 is 10.1 Å². The van der Waals surface area contributed by atoms with E-state index in [1.807, 2.05) is 0 Å². The minimum absolute atomic E-state index is 0.142. The van der Waals surface area contributed by atoms with Crippen LogP contribution in [0.15, 0.2) is 24.3 Å². The lowest BCUT2D eigenvalue weighted by atomic mass is 9.78. The van der Waals surface area contributed by atoms with Crippen LogP contribution in [0.3, 0.4) is 0 Å². The summed E-state index contributed by atoms with van der Waals surface area (Å²) in [5.41, 5.74) is -0.171. The number of hydrogen-bond acceptors (Lipinski definition) is 3. The lowest BCUT2D eigenvalue weighted by Gasteiger charge is -2.34. The fraction of sp³-hybridized carbons (Fsp3) is 0.636. The molecule has 1 aromatic rings. The fourth-order valence-electron chi connectivity index (χ4n) is 4.68. The van der Waals surface area contributed by atoms with Crippen LogP contribution in [-0.2, 0) is 19.7 Å². The van der Waals surface area contributed by atoms with E-state index in [0.29, 0.717) is 30.2 Å². The van der Waals surface area contributed by atoms with Crippen molar-refractivity contribution < 1.29 is 18.7 Å². The minimum Gasteiger partial charge on any atom is -0.455 e. The molecule has 1 aromatic carbocycles. The Kier molecular flexibility index (Phi) is 6.18. The lowest BCUT2D eigenvalue weighted by molar-refractivity contribution is -0.154. The number of carbonyl (C=O) groups is 2. The van der Waals surface area contributed by atoms with Crippen molar-refractivity contribution >= 4 is 11.9 Å². The van der Waals surface area contributed by atoms with Crippen molar-refractivity contribution in [1.29, 1.82) is 0 Å². The van der Waals surface area contributed by atoms with Crippen LogP contribution in [0.2, 0.25) is 0 Å². The van der Waals surface area contributed by atoms with Gasteiger partial charge in [-0.1, -0.05) is 51.7 Å². The number of rotatable bonds is 5. The Morgan fingerprint density at radius 1 is 1.19 bits per heavy atom. The quantitative estimate of drug-likeness (QED) is 0.788. The van der Waals surface area contributed by atoms with E-state index >= 15 is 0 Å². The molecule has 0 saturated heterocycles. The molecule has 0 radical (unpaired) electrons. The van der Waals surface area contributed by atoms with E-state index in [-0.39, 0.29) is 24.4 Å². The van der Waals surface area contributed by atoms with E-state index in [1.165, 1.54) is 18.6 Å². The first-order valence-corrected chi connectivity index (χ1v) is 10.1. The summed E-state index contributed by atoms with van der Waals surface area (Å²) in [6, 6.07) is 6.33. The molecule has 3 rings (SSSR count). The normalized spacial score (nSPS) is 27.1. The van der Waals surface area contributed by atoms with Gasteiger partial charge >= 0.3 is 5.97 Å². The van der Waals surface area contributed by atoms with E-state index in [0.717, 1.165) is 25.7 Å². The summed E-state index contributed by atoms with van der Waals surface area (Å²) in [5.74, 6) is -0.00886. The molecule has 1 N–H and O–H groups in total. The van der Waals surface area contributed by atoms with Crippen LogP contribution in [0.5, 0.6) is 0 Å². The molecule has 0 unspecified atom stereocenters. The third-order valence-corrected chi connectivity index (χ3v) is 6.61. The highest BCUT2D eigenvalue weighted by molar-refractivity contribution is 5.86. The minimum atomic E-state index is -0.824. The Balaban J connectivity index is 1.61. The van der Waals surface area contributed by atoms with Gasteiger partial charge in [-0.2, -0.15) is 0 Å². The van der Waals surface area contributed by atoms with E-state index < -0.39 is 11.4 Å². The van der Waals surface area contributed by atoms with Crippen molar-refractivity contribution in [3.05, 3.63) is 35.6 Å². The van der Waals surface area contributed by atoms with E-state index in [9.17, 15) is 14.0 Å². The van der Waals surface area contributed by atoms with Gasteiger partial charge in [0.15, 0.2) is 6.61 Å². The molecule has 2 aliphatic carbocycles. The van der Waals surface area contributed by atoms with Crippen molar-refractivity contribution in [1.82, 2.24) is 5.32 Å². The molecule has 3 atom stereocenters. The second kappa shape index (κ2) is 8.41. The van der Waals surface area contributed by atoms with Gasteiger partial charge in [0.25, 0.3) is 5.91 Å². The van der Waals surface area contributed by atoms with Gasteiger partial charge in [-0.3, -0.25) is 9.59 Å². The number of ether oxygens (including phenoxy) is 1. The molecule has 148 valence electrons. The van der Waals surface area contributed by atoms with Gasteiger partial charge in [-0.05, 0) is 48.8 Å². The number of hydrogen-bond donors (Lipinski definition) is 1.